The van der Waals surface area contributed by atoms with E-state index in [1.807, 2.05) is 0 Å². The Morgan fingerprint density at radius 1 is 0.444 bits per heavy atom. The highest BCUT2D eigenvalue weighted by Crippen LogP contribution is 2.20. The van der Waals surface area contributed by atoms with E-state index in [0.29, 0.717) is 0 Å². The highest BCUT2D eigenvalue weighted by Gasteiger charge is 2.28. The molecule has 0 aliphatic carbocycles. The molecule has 0 aliphatic rings. The zero-order chi connectivity index (χ0) is 33.1. The van der Waals surface area contributed by atoms with E-state index in [4.69, 9.17) is 10.5 Å². The molecular formula is C40H79NO4. The summed E-state index contributed by atoms with van der Waals surface area (Å²) in [6.07, 6.45) is 42.5. The van der Waals surface area contributed by atoms with Crippen LogP contribution in [0.1, 0.15) is 232 Å². The molecule has 0 spiro atoms. The molecule has 0 radical (unpaired) electrons. The van der Waals surface area contributed by atoms with Crippen molar-refractivity contribution < 1.29 is 19.4 Å². The Balaban J connectivity index is 3.87. The second-order valence-corrected chi connectivity index (χ2v) is 14.1. The predicted octanol–water partition coefficient (Wildman–Crippen LogP) is 12.6. The number of nitrogens with two attached hydrogens (primary N) is 1. The third kappa shape index (κ3) is 32.6. The number of hydrogen-bond acceptors (Lipinski definition) is 3. The lowest BCUT2D eigenvalue weighted by atomic mass is 10.0. The maximum absolute atomic E-state index is 11.6. The highest BCUT2D eigenvalue weighted by molar-refractivity contribution is 5.99. The van der Waals surface area contributed by atoms with E-state index in [1.54, 1.807) is 0 Å². The second-order valence-electron chi connectivity index (χ2n) is 14.1. The van der Waals surface area contributed by atoms with Gasteiger partial charge in [0.2, 0.25) is 6.10 Å². The molecule has 0 heterocycles. The fourth-order valence-corrected chi connectivity index (χ4v) is 6.56. The van der Waals surface area contributed by atoms with E-state index in [0.717, 1.165) is 38.5 Å². The van der Waals surface area contributed by atoms with Crippen molar-refractivity contribution in [3.63, 3.8) is 0 Å². The molecule has 0 aromatic carbocycles. The number of hydrogen-bond donors (Lipinski definition) is 2. The SMILES string of the molecule is CCCCCCCCCCCCCCCCCCC(CCCCCCCCCCCCCCCCCC)OC(C(N)=O)C(=O)O. The van der Waals surface area contributed by atoms with Crippen LogP contribution in [0, 0.1) is 0 Å². The van der Waals surface area contributed by atoms with E-state index < -0.39 is 18.0 Å². The molecule has 1 amide bonds. The number of ether oxygens (including phenoxy) is 1. The third-order valence-corrected chi connectivity index (χ3v) is 9.57. The Morgan fingerprint density at radius 2 is 0.667 bits per heavy atom. The molecule has 5 heteroatoms. The summed E-state index contributed by atoms with van der Waals surface area (Å²) >= 11 is 0. The van der Waals surface area contributed by atoms with Crippen molar-refractivity contribution >= 4 is 11.9 Å². The predicted molar refractivity (Wildman–Crippen MR) is 194 cm³/mol. The van der Waals surface area contributed by atoms with Crippen molar-refractivity contribution in [2.24, 2.45) is 5.73 Å². The van der Waals surface area contributed by atoms with Gasteiger partial charge in [-0.15, -0.1) is 0 Å². The van der Waals surface area contributed by atoms with Gasteiger partial charge in [-0.25, -0.2) is 4.79 Å². The van der Waals surface area contributed by atoms with Gasteiger partial charge in [0.05, 0.1) is 6.10 Å². The number of carboxylic acid groups (broad SMARTS) is 1. The van der Waals surface area contributed by atoms with Crippen molar-refractivity contribution in [2.75, 3.05) is 0 Å². The molecule has 0 aliphatic heterocycles. The molecule has 0 aromatic rings. The zero-order valence-electron chi connectivity index (χ0n) is 30.4. The van der Waals surface area contributed by atoms with Crippen molar-refractivity contribution in [3.05, 3.63) is 0 Å². The lowest BCUT2D eigenvalue weighted by molar-refractivity contribution is -0.160. The normalized spacial score (nSPS) is 12.2. The summed E-state index contributed by atoms with van der Waals surface area (Å²) in [5, 5.41) is 9.39. The Bertz CT molecular complexity index is 575. The van der Waals surface area contributed by atoms with Crippen LogP contribution in [-0.2, 0) is 14.3 Å². The minimum atomic E-state index is -1.53. The number of carboxylic acids is 1. The number of unbranched alkanes of at least 4 members (excludes halogenated alkanes) is 30. The van der Waals surface area contributed by atoms with Crippen LogP contribution in [0.4, 0.5) is 0 Å². The minimum absolute atomic E-state index is 0.197. The molecule has 268 valence electrons. The Labute approximate surface area is 281 Å². The summed E-state index contributed by atoms with van der Waals surface area (Å²) in [5.74, 6) is -2.17. The summed E-state index contributed by atoms with van der Waals surface area (Å²) in [5.41, 5.74) is 5.32. The average molecular weight is 638 g/mol. The zero-order valence-corrected chi connectivity index (χ0v) is 30.4. The van der Waals surface area contributed by atoms with Crippen LogP contribution in [0.5, 0.6) is 0 Å². The van der Waals surface area contributed by atoms with Crippen molar-refractivity contribution in [2.45, 2.75) is 244 Å². The molecule has 0 saturated heterocycles. The first kappa shape index (κ1) is 43.9. The van der Waals surface area contributed by atoms with Gasteiger partial charge in [0.1, 0.15) is 0 Å². The van der Waals surface area contributed by atoms with Crippen LogP contribution in [0.25, 0.3) is 0 Å². The molecule has 0 saturated carbocycles. The number of rotatable bonds is 38. The lowest BCUT2D eigenvalue weighted by Gasteiger charge is -2.21. The van der Waals surface area contributed by atoms with Gasteiger partial charge in [-0.1, -0.05) is 219 Å². The van der Waals surface area contributed by atoms with Gasteiger partial charge in [0.15, 0.2) is 0 Å². The van der Waals surface area contributed by atoms with E-state index in [2.05, 4.69) is 13.8 Å². The second kappa shape index (κ2) is 35.7. The van der Waals surface area contributed by atoms with E-state index >= 15 is 0 Å². The van der Waals surface area contributed by atoms with Gasteiger partial charge in [-0.2, -0.15) is 0 Å². The average Bonchev–Trinajstić information content (AvgIpc) is 3.02. The molecule has 1 unspecified atom stereocenters. The monoisotopic (exact) mass is 638 g/mol. The Morgan fingerprint density at radius 3 is 0.867 bits per heavy atom. The van der Waals surface area contributed by atoms with Gasteiger partial charge in [0, 0.05) is 0 Å². The molecule has 0 rings (SSSR count). The first-order chi connectivity index (χ1) is 22.0. The fourth-order valence-electron chi connectivity index (χ4n) is 6.56. The number of amides is 1. The lowest BCUT2D eigenvalue weighted by Crippen LogP contribution is -2.40. The molecule has 45 heavy (non-hydrogen) atoms. The number of carbonyl (C=O) groups is 2. The first-order valence-corrected chi connectivity index (χ1v) is 20.2. The molecule has 1 atom stereocenters. The Hall–Kier alpha value is -1.10. The van der Waals surface area contributed by atoms with Crippen LogP contribution < -0.4 is 5.73 Å². The maximum Gasteiger partial charge on any atom is 0.342 e. The van der Waals surface area contributed by atoms with Gasteiger partial charge in [0.25, 0.3) is 5.91 Å². The quantitative estimate of drug-likeness (QED) is 0.0520. The van der Waals surface area contributed by atoms with Crippen molar-refractivity contribution in [3.8, 4) is 0 Å². The van der Waals surface area contributed by atoms with Gasteiger partial charge in [-0.3, -0.25) is 4.79 Å². The molecule has 0 fully saturated rings. The number of primary amides is 1. The van der Waals surface area contributed by atoms with Crippen LogP contribution in [0.2, 0.25) is 0 Å². The largest absolute Gasteiger partial charge is 0.479 e. The summed E-state index contributed by atoms with van der Waals surface area (Å²) in [7, 11) is 0. The van der Waals surface area contributed by atoms with E-state index in [-0.39, 0.29) is 6.10 Å². The molecular weight excluding hydrogens is 558 g/mol. The van der Waals surface area contributed by atoms with Crippen LogP contribution >= 0.6 is 0 Å². The minimum Gasteiger partial charge on any atom is -0.479 e. The van der Waals surface area contributed by atoms with Gasteiger partial charge < -0.3 is 15.6 Å². The topological polar surface area (TPSA) is 89.6 Å². The van der Waals surface area contributed by atoms with Gasteiger partial charge >= 0.3 is 5.97 Å². The molecule has 5 nitrogen and oxygen atoms in total. The molecule has 3 N–H and O–H groups in total. The molecule has 0 aromatic heterocycles. The maximum atomic E-state index is 11.6. The summed E-state index contributed by atoms with van der Waals surface area (Å²) in [4.78, 5) is 23.1. The van der Waals surface area contributed by atoms with E-state index in [9.17, 15) is 14.7 Å². The first-order valence-electron chi connectivity index (χ1n) is 20.2. The number of carbonyl (C=O) groups excluding carboxylic acids is 1. The highest BCUT2D eigenvalue weighted by atomic mass is 16.5. The van der Waals surface area contributed by atoms with E-state index in [1.165, 1.54) is 180 Å². The Kier molecular flexibility index (Phi) is 34.9. The van der Waals surface area contributed by atoms with Crippen molar-refractivity contribution in [1.82, 2.24) is 0 Å². The van der Waals surface area contributed by atoms with Crippen LogP contribution in [0.15, 0.2) is 0 Å². The summed E-state index contributed by atoms with van der Waals surface area (Å²) < 4.78 is 5.75. The standard InChI is InChI=1S/C40H79NO4/c1-3-5-7-9-11-13-15-17-19-21-23-25-27-29-31-33-35-37(45-38(39(41)42)40(43)44)36-34-32-30-28-26-24-22-20-18-16-14-12-10-8-6-4-2/h37-38H,3-36H2,1-2H3,(H2,41,42)(H,43,44). The third-order valence-electron chi connectivity index (χ3n) is 9.57. The van der Waals surface area contributed by atoms with Gasteiger partial charge in [-0.05, 0) is 12.8 Å². The number of aliphatic carboxylic acids is 1. The summed E-state index contributed by atoms with van der Waals surface area (Å²) in [6, 6.07) is 0. The molecule has 0 bridgehead atoms. The smallest absolute Gasteiger partial charge is 0.342 e. The van der Waals surface area contributed by atoms with Crippen molar-refractivity contribution in [1.29, 1.82) is 0 Å². The van der Waals surface area contributed by atoms with Crippen LogP contribution in [-0.4, -0.2) is 29.2 Å². The van der Waals surface area contributed by atoms with Crippen LogP contribution in [0.3, 0.4) is 0 Å². The fraction of sp³-hybridized carbons (Fsp3) is 0.950. The summed E-state index contributed by atoms with van der Waals surface area (Å²) in [6.45, 7) is 4.56.